The van der Waals surface area contributed by atoms with Gasteiger partial charge in [0.15, 0.2) is 0 Å². The molecule has 4 nitrogen and oxygen atoms in total. The Kier molecular flexibility index (Phi) is 6.65. The van der Waals surface area contributed by atoms with Gasteiger partial charge in [0.05, 0.1) is 19.8 Å². The molecule has 2 unspecified atom stereocenters. The molecule has 20 heavy (non-hydrogen) atoms. The van der Waals surface area contributed by atoms with E-state index in [1.807, 2.05) is 6.92 Å². The maximum Gasteiger partial charge on any atom is 0.138 e. The zero-order chi connectivity index (χ0) is 14.4. The topological polar surface area (TPSA) is 52.6 Å². The molecule has 2 atom stereocenters. The van der Waals surface area contributed by atoms with Gasteiger partial charge in [-0.05, 0) is 32.6 Å². The molecule has 2 aliphatic heterocycles. The molecule has 2 fully saturated rings. The van der Waals surface area contributed by atoms with E-state index < -0.39 is 10.8 Å². The SMILES string of the molecule is CCOCCOCCC(=O)C1CC2CCCC(C1)S2=O. The van der Waals surface area contributed by atoms with Gasteiger partial charge in [-0.15, -0.1) is 0 Å². The van der Waals surface area contributed by atoms with E-state index in [0.29, 0.717) is 38.6 Å². The summed E-state index contributed by atoms with van der Waals surface area (Å²) >= 11 is 0. The van der Waals surface area contributed by atoms with Crippen molar-refractivity contribution in [2.24, 2.45) is 5.92 Å². The zero-order valence-corrected chi connectivity index (χ0v) is 13.2. The fourth-order valence-electron chi connectivity index (χ4n) is 3.24. The van der Waals surface area contributed by atoms with Crippen molar-refractivity contribution in [2.45, 2.75) is 55.9 Å². The van der Waals surface area contributed by atoms with Crippen molar-refractivity contribution < 1.29 is 18.5 Å². The number of ketones is 1. The highest BCUT2D eigenvalue weighted by molar-refractivity contribution is 7.86. The summed E-state index contributed by atoms with van der Waals surface area (Å²) in [5.41, 5.74) is 0. The van der Waals surface area contributed by atoms with Crippen molar-refractivity contribution in [3.05, 3.63) is 0 Å². The molecular formula is C15H26O4S. The van der Waals surface area contributed by atoms with Crippen LogP contribution in [-0.2, 0) is 25.1 Å². The van der Waals surface area contributed by atoms with E-state index in [2.05, 4.69) is 0 Å². The summed E-state index contributed by atoms with van der Waals surface area (Å²) in [6.45, 7) is 4.29. The summed E-state index contributed by atoms with van der Waals surface area (Å²) < 4.78 is 22.7. The first-order valence-electron chi connectivity index (χ1n) is 7.80. The highest BCUT2D eigenvalue weighted by Crippen LogP contribution is 2.37. The number of hydrogen-bond acceptors (Lipinski definition) is 4. The Hall–Kier alpha value is -0.260. The van der Waals surface area contributed by atoms with E-state index in [0.717, 1.165) is 25.7 Å². The predicted octanol–water partition coefficient (Wildman–Crippen LogP) is 2.08. The van der Waals surface area contributed by atoms with Crippen LogP contribution in [0.4, 0.5) is 0 Å². The Labute approximate surface area is 124 Å². The van der Waals surface area contributed by atoms with Gasteiger partial charge < -0.3 is 9.47 Å². The van der Waals surface area contributed by atoms with Gasteiger partial charge in [0.25, 0.3) is 0 Å². The van der Waals surface area contributed by atoms with E-state index in [4.69, 9.17) is 9.47 Å². The molecule has 0 aliphatic carbocycles. The van der Waals surface area contributed by atoms with Gasteiger partial charge >= 0.3 is 0 Å². The molecule has 2 aliphatic rings. The summed E-state index contributed by atoms with van der Waals surface area (Å²) in [7, 11) is -0.684. The molecule has 0 N–H and O–H groups in total. The minimum atomic E-state index is -0.684. The van der Waals surface area contributed by atoms with Gasteiger partial charge in [-0.25, -0.2) is 0 Å². The summed E-state index contributed by atoms with van der Waals surface area (Å²) in [4.78, 5) is 12.2. The number of carbonyl (C=O) groups excluding carboxylic acids is 1. The minimum Gasteiger partial charge on any atom is -0.379 e. The molecule has 0 aromatic heterocycles. The Bertz CT molecular complexity index is 329. The predicted molar refractivity (Wildman–Crippen MR) is 79.2 cm³/mol. The lowest BCUT2D eigenvalue weighted by atomic mass is 9.86. The summed E-state index contributed by atoms with van der Waals surface area (Å²) in [6, 6.07) is 0. The molecule has 0 amide bonds. The van der Waals surface area contributed by atoms with Gasteiger partial charge in [-0.2, -0.15) is 0 Å². The lowest BCUT2D eigenvalue weighted by Gasteiger charge is -2.37. The van der Waals surface area contributed by atoms with Crippen LogP contribution in [-0.4, -0.2) is 46.9 Å². The van der Waals surface area contributed by atoms with Crippen LogP contribution < -0.4 is 0 Å². The van der Waals surface area contributed by atoms with Crippen molar-refractivity contribution >= 4 is 16.6 Å². The van der Waals surface area contributed by atoms with Gasteiger partial charge in [0.1, 0.15) is 5.78 Å². The third-order valence-corrected chi connectivity index (χ3v) is 6.50. The van der Waals surface area contributed by atoms with Crippen molar-refractivity contribution in [2.75, 3.05) is 26.4 Å². The van der Waals surface area contributed by atoms with E-state index in [-0.39, 0.29) is 16.4 Å². The van der Waals surface area contributed by atoms with Crippen LogP contribution in [0.2, 0.25) is 0 Å². The summed E-state index contributed by atoms with van der Waals surface area (Å²) in [5, 5.41) is 0.547. The second kappa shape index (κ2) is 8.25. The minimum absolute atomic E-state index is 0.124. The standard InChI is InChI=1S/C15H26O4S/c1-2-18-8-9-19-7-6-15(16)12-10-13-4-3-5-14(11-12)20(13)17/h12-14H,2-11H2,1H3. The first-order chi connectivity index (χ1) is 9.72. The number of rotatable bonds is 8. The second-order valence-electron chi connectivity index (χ2n) is 5.70. The highest BCUT2D eigenvalue weighted by Gasteiger charge is 2.39. The third-order valence-electron chi connectivity index (χ3n) is 4.33. The van der Waals surface area contributed by atoms with Gasteiger partial charge in [0.2, 0.25) is 0 Å². The van der Waals surface area contributed by atoms with Crippen LogP contribution in [0.15, 0.2) is 0 Å². The number of Topliss-reactive ketones (excluding diaryl/α,β-unsaturated/α-hetero) is 1. The fourth-order valence-corrected chi connectivity index (χ4v) is 5.42. The molecule has 2 saturated heterocycles. The lowest BCUT2D eigenvalue weighted by Crippen LogP contribution is -2.41. The number of ether oxygens (including phenoxy) is 2. The molecule has 116 valence electrons. The van der Waals surface area contributed by atoms with Gasteiger partial charge in [0, 0.05) is 40.2 Å². The first-order valence-corrected chi connectivity index (χ1v) is 9.07. The summed E-state index contributed by atoms with van der Waals surface area (Å²) in [5.74, 6) is 0.425. The smallest absolute Gasteiger partial charge is 0.138 e. The molecule has 2 heterocycles. The quantitative estimate of drug-likeness (QED) is 0.644. The zero-order valence-electron chi connectivity index (χ0n) is 12.3. The van der Waals surface area contributed by atoms with E-state index >= 15 is 0 Å². The molecule has 0 radical (unpaired) electrons. The van der Waals surface area contributed by atoms with Crippen LogP contribution in [0.3, 0.4) is 0 Å². The fraction of sp³-hybridized carbons (Fsp3) is 0.933. The molecule has 0 aromatic carbocycles. The monoisotopic (exact) mass is 302 g/mol. The van der Waals surface area contributed by atoms with E-state index in [9.17, 15) is 9.00 Å². The maximum atomic E-state index is 12.2. The van der Waals surface area contributed by atoms with Gasteiger partial charge in [-0.3, -0.25) is 9.00 Å². The van der Waals surface area contributed by atoms with Crippen LogP contribution in [0.5, 0.6) is 0 Å². The second-order valence-corrected chi connectivity index (χ2v) is 7.69. The first kappa shape index (κ1) is 16.1. The van der Waals surface area contributed by atoms with Crippen molar-refractivity contribution in [1.29, 1.82) is 0 Å². The van der Waals surface area contributed by atoms with Crippen molar-refractivity contribution in [3.63, 3.8) is 0 Å². The Morgan fingerprint density at radius 3 is 2.40 bits per heavy atom. The van der Waals surface area contributed by atoms with Crippen LogP contribution in [0, 0.1) is 5.92 Å². The maximum absolute atomic E-state index is 12.2. The lowest BCUT2D eigenvalue weighted by molar-refractivity contribution is -0.124. The average molecular weight is 302 g/mol. The number of hydrogen-bond donors (Lipinski definition) is 0. The van der Waals surface area contributed by atoms with Crippen LogP contribution >= 0.6 is 0 Å². The van der Waals surface area contributed by atoms with Gasteiger partial charge in [-0.1, -0.05) is 6.42 Å². The molecular weight excluding hydrogens is 276 g/mol. The largest absolute Gasteiger partial charge is 0.379 e. The molecule has 0 spiro atoms. The molecule has 5 heteroatoms. The highest BCUT2D eigenvalue weighted by atomic mass is 32.2. The Morgan fingerprint density at radius 1 is 1.10 bits per heavy atom. The van der Waals surface area contributed by atoms with Crippen LogP contribution in [0.25, 0.3) is 0 Å². The van der Waals surface area contributed by atoms with Crippen molar-refractivity contribution in [3.8, 4) is 0 Å². The average Bonchev–Trinajstić information content (AvgIpc) is 2.42. The molecule has 2 rings (SSSR count). The third kappa shape index (κ3) is 4.37. The summed E-state index contributed by atoms with van der Waals surface area (Å²) in [6.07, 6.45) is 5.42. The Balaban J connectivity index is 1.67. The normalized spacial score (nSPS) is 33.0. The van der Waals surface area contributed by atoms with Crippen LogP contribution in [0.1, 0.15) is 45.4 Å². The number of carbonyl (C=O) groups is 1. The molecule has 0 saturated carbocycles. The molecule has 2 bridgehead atoms. The van der Waals surface area contributed by atoms with E-state index in [1.54, 1.807) is 0 Å². The molecule has 0 aromatic rings. The number of fused-ring (bicyclic) bond motifs is 2. The Morgan fingerprint density at radius 2 is 1.75 bits per heavy atom. The van der Waals surface area contributed by atoms with Crippen molar-refractivity contribution in [1.82, 2.24) is 0 Å². The van der Waals surface area contributed by atoms with E-state index in [1.165, 1.54) is 6.42 Å².